The highest BCUT2D eigenvalue weighted by Gasteiger charge is 2.31. The summed E-state index contributed by atoms with van der Waals surface area (Å²) in [6.45, 7) is 10.0. The molecule has 0 radical (unpaired) electrons. The molecule has 5 rings (SSSR count). The molecule has 1 atom stereocenters. The van der Waals surface area contributed by atoms with E-state index in [-0.39, 0.29) is 56.0 Å². The van der Waals surface area contributed by atoms with Crippen LogP contribution in [0.1, 0.15) is 32.4 Å². The maximum Gasteiger partial charge on any atom is 0.355 e. The van der Waals surface area contributed by atoms with Crippen LogP contribution in [0.4, 0.5) is 10.2 Å². The Kier molecular flexibility index (Phi) is 8.10. The smallest absolute Gasteiger partial charge is 0.350 e. The van der Waals surface area contributed by atoms with Gasteiger partial charge < -0.3 is 9.80 Å². The molecular formula is C30H30ClFN6O4S. The van der Waals surface area contributed by atoms with Gasteiger partial charge in [0, 0.05) is 43.7 Å². The highest BCUT2D eigenvalue weighted by molar-refractivity contribution is 7.90. The Morgan fingerprint density at radius 1 is 1.19 bits per heavy atom. The molecule has 224 valence electrons. The number of pyridine rings is 2. The van der Waals surface area contributed by atoms with Crippen LogP contribution < -0.4 is 10.6 Å². The number of anilines is 1. The van der Waals surface area contributed by atoms with E-state index in [9.17, 15) is 18.0 Å². The van der Waals surface area contributed by atoms with Crippen LogP contribution in [-0.2, 0) is 14.6 Å². The molecular weight excluding hydrogens is 595 g/mol. The van der Waals surface area contributed by atoms with E-state index in [1.165, 1.54) is 24.4 Å². The number of sulfone groups is 1. The fourth-order valence-corrected chi connectivity index (χ4v) is 6.45. The average Bonchev–Trinajstić information content (AvgIpc) is 2.96. The topological polar surface area (TPSA) is 118 Å². The first-order valence-corrected chi connectivity index (χ1v) is 15.9. The third-order valence-corrected chi connectivity index (χ3v) is 8.86. The summed E-state index contributed by atoms with van der Waals surface area (Å²) in [6, 6.07) is 8.84. The first kappa shape index (κ1) is 30.3. The van der Waals surface area contributed by atoms with E-state index in [4.69, 9.17) is 11.6 Å². The molecule has 4 aromatic rings. The van der Waals surface area contributed by atoms with E-state index in [2.05, 4.69) is 21.5 Å². The van der Waals surface area contributed by atoms with E-state index in [1.54, 1.807) is 29.2 Å². The molecule has 0 unspecified atom stereocenters. The van der Waals surface area contributed by atoms with Crippen LogP contribution in [0.15, 0.2) is 64.9 Å². The van der Waals surface area contributed by atoms with E-state index in [0.29, 0.717) is 30.9 Å². The lowest BCUT2D eigenvalue weighted by molar-refractivity contribution is -0.126. The van der Waals surface area contributed by atoms with Crippen molar-refractivity contribution in [2.24, 2.45) is 0 Å². The number of rotatable bonds is 6. The predicted molar refractivity (Wildman–Crippen MR) is 164 cm³/mol. The number of amides is 1. The summed E-state index contributed by atoms with van der Waals surface area (Å²) in [6.07, 6.45) is 3.66. The average molecular weight is 625 g/mol. The zero-order valence-corrected chi connectivity index (χ0v) is 25.7. The summed E-state index contributed by atoms with van der Waals surface area (Å²) in [7, 11) is -3.86. The fourth-order valence-electron chi connectivity index (χ4n) is 5.37. The number of halogens is 2. The van der Waals surface area contributed by atoms with Gasteiger partial charge in [0.2, 0.25) is 5.91 Å². The summed E-state index contributed by atoms with van der Waals surface area (Å²) in [5.41, 5.74) is -0.312. The summed E-state index contributed by atoms with van der Waals surface area (Å²) in [5.74, 6) is -1.05. The molecule has 43 heavy (non-hydrogen) atoms. The second-order valence-electron chi connectivity index (χ2n) is 10.7. The zero-order chi connectivity index (χ0) is 31.2. The van der Waals surface area contributed by atoms with Crippen molar-refractivity contribution >= 4 is 44.2 Å². The van der Waals surface area contributed by atoms with Crippen molar-refractivity contribution in [3.63, 3.8) is 0 Å². The van der Waals surface area contributed by atoms with Gasteiger partial charge in [-0.1, -0.05) is 50.2 Å². The van der Waals surface area contributed by atoms with Gasteiger partial charge in [0.15, 0.2) is 15.5 Å². The van der Waals surface area contributed by atoms with Crippen molar-refractivity contribution in [2.45, 2.75) is 37.6 Å². The van der Waals surface area contributed by atoms with Crippen molar-refractivity contribution < 1.29 is 17.6 Å². The molecule has 0 bridgehead atoms. The minimum absolute atomic E-state index is 0.00714. The number of aromatic nitrogens is 4. The molecule has 4 heterocycles. The second kappa shape index (κ2) is 11.5. The molecule has 13 heteroatoms. The Morgan fingerprint density at radius 2 is 1.91 bits per heavy atom. The van der Waals surface area contributed by atoms with Gasteiger partial charge >= 0.3 is 5.69 Å². The third-order valence-electron chi connectivity index (χ3n) is 7.40. The summed E-state index contributed by atoms with van der Waals surface area (Å²) in [4.78, 5) is 43.1. The maximum absolute atomic E-state index is 15.9. The molecule has 1 aliphatic heterocycles. The van der Waals surface area contributed by atoms with Crippen molar-refractivity contribution in [3.05, 3.63) is 82.3 Å². The number of piperazine rings is 1. The number of hydrogen-bond donors (Lipinski definition) is 0. The monoisotopic (exact) mass is 624 g/mol. The Hall–Kier alpha value is -4.16. The van der Waals surface area contributed by atoms with Crippen LogP contribution in [0.25, 0.3) is 28.0 Å². The number of benzene rings is 1. The Bertz CT molecular complexity index is 1950. The van der Waals surface area contributed by atoms with E-state index in [1.807, 2.05) is 25.7 Å². The summed E-state index contributed by atoms with van der Waals surface area (Å²) < 4.78 is 43.0. The summed E-state index contributed by atoms with van der Waals surface area (Å²) in [5, 5.41) is 0.426. The van der Waals surface area contributed by atoms with Crippen LogP contribution in [0.5, 0.6) is 0 Å². The summed E-state index contributed by atoms with van der Waals surface area (Å²) >= 11 is 6.42. The van der Waals surface area contributed by atoms with E-state index >= 15 is 4.39 Å². The second-order valence-corrected chi connectivity index (χ2v) is 13.1. The van der Waals surface area contributed by atoms with Crippen molar-refractivity contribution in [3.8, 4) is 16.9 Å². The lowest BCUT2D eigenvalue weighted by Gasteiger charge is -2.40. The van der Waals surface area contributed by atoms with Gasteiger partial charge in [-0.15, -0.1) is 0 Å². The van der Waals surface area contributed by atoms with Gasteiger partial charge in [-0.05, 0) is 37.1 Å². The lowest BCUT2D eigenvalue weighted by Crippen LogP contribution is -2.54. The molecule has 10 nitrogen and oxygen atoms in total. The molecule has 1 aromatic carbocycles. The first-order chi connectivity index (χ1) is 20.3. The highest BCUT2D eigenvalue weighted by Crippen LogP contribution is 2.35. The molecule has 1 saturated heterocycles. The van der Waals surface area contributed by atoms with Gasteiger partial charge in [-0.3, -0.25) is 9.78 Å². The van der Waals surface area contributed by atoms with Crippen LogP contribution in [-0.4, -0.2) is 70.7 Å². The molecule has 1 fully saturated rings. The largest absolute Gasteiger partial charge is 0.355 e. The Labute approximate surface area is 253 Å². The van der Waals surface area contributed by atoms with Crippen molar-refractivity contribution in [2.75, 3.05) is 30.8 Å². The molecule has 0 saturated carbocycles. The van der Waals surface area contributed by atoms with Gasteiger partial charge in [0.1, 0.15) is 17.3 Å². The SMILES string of the molecule is C=CC(=O)N1CCN(c2nc(=O)n(-c3c(S(C)(=O)=O)ccnc3C(C)C)c3nc(-c4ccccc4Cl)c(F)cc23)[C@@H](C)C1. The van der Waals surface area contributed by atoms with Crippen molar-refractivity contribution in [1.29, 1.82) is 0 Å². The molecule has 0 spiro atoms. The normalized spacial score (nSPS) is 15.7. The quantitative estimate of drug-likeness (QED) is 0.290. The molecule has 1 amide bonds. The minimum Gasteiger partial charge on any atom is -0.350 e. The highest BCUT2D eigenvalue weighted by atomic mass is 35.5. The third kappa shape index (κ3) is 5.52. The number of fused-ring (bicyclic) bond motifs is 1. The maximum atomic E-state index is 15.9. The molecule has 0 aliphatic carbocycles. The number of nitrogens with zero attached hydrogens (tertiary/aromatic N) is 6. The van der Waals surface area contributed by atoms with Gasteiger partial charge in [0.05, 0.1) is 26.7 Å². The Morgan fingerprint density at radius 3 is 2.53 bits per heavy atom. The standard InChI is InChI=1S/C30H30ClFN6O4S/c1-6-24(39)36-13-14-37(18(4)16-36)28-20-15-22(32)26(19-9-7-8-10-21(19)31)34-29(20)38(30(40)35-28)27-23(43(5,41)42)11-12-33-25(27)17(2)3/h6-12,15,17-18H,1,13-14,16H2,2-5H3/t18-/m0/s1. The minimum atomic E-state index is -3.86. The van der Waals surface area contributed by atoms with E-state index in [0.717, 1.165) is 10.8 Å². The van der Waals surface area contributed by atoms with Gasteiger partial charge in [-0.2, -0.15) is 4.98 Å². The van der Waals surface area contributed by atoms with Crippen LogP contribution in [0.3, 0.4) is 0 Å². The van der Waals surface area contributed by atoms with Gasteiger partial charge in [-0.25, -0.2) is 27.2 Å². The van der Waals surface area contributed by atoms with Crippen LogP contribution in [0, 0.1) is 5.82 Å². The predicted octanol–water partition coefficient (Wildman–Crippen LogP) is 4.39. The number of carbonyl (C=O) groups is 1. The molecule has 1 aliphatic rings. The van der Waals surface area contributed by atoms with Crippen LogP contribution >= 0.6 is 11.6 Å². The van der Waals surface area contributed by atoms with Gasteiger partial charge in [0.25, 0.3) is 0 Å². The fraction of sp³-hybridized carbons (Fsp3) is 0.300. The number of hydrogen-bond acceptors (Lipinski definition) is 8. The van der Waals surface area contributed by atoms with Crippen molar-refractivity contribution in [1.82, 2.24) is 24.4 Å². The lowest BCUT2D eigenvalue weighted by atomic mass is 10.1. The zero-order valence-electron chi connectivity index (χ0n) is 24.1. The first-order valence-electron chi connectivity index (χ1n) is 13.6. The van der Waals surface area contributed by atoms with E-state index < -0.39 is 21.3 Å². The molecule has 0 N–H and O–H groups in total. The number of carbonyl (C=O) groups excluding carboxylic acids is 1. The molecule has 3 aromatic heterocycles. The van der Waals surface area contributed by atoms with Crippen LogP contribution in [0.2, 0.25) is 5.02 Å². The Balaban J connectivity index is 1.88.